The molecule has 43 heavy (non-hydrogen) atoms. The van der Waals surface area contributed by atoms with Gasteiger partial charge in [0.1, 0.15) is 0 Å². The molecule has 5 N–H and O–H groups in total. The van der Waals surface area contributed by atoms with Crippen molar-refractivity contribution in [2.75, 3.05) is 23.7 Å². The van der Waals surface area contributed by atoms with Gasteiger partial charge in [-0.15, -0.1) is 0 Å². The maximum Gasteiger partial charge on any atom is 0.269 e. The second-order valence-electron chi connectivity index (χ2n) is 10.5. The molecule has 1 amide bonds. The minimum atomic E-state index is -4.01. The molecule has 1 aromatic heterocycles. The third-order valence-corrected chi connectivity index (χ3v) is 9.89. The fraction of sp³-hybridized carbons (Fsp3) is 0.133. The van der Waals surface area contributed by atoms with Crippen LogP contribution in [0.1, 0.15) is 21.6 Å². The number of benzene rings is 4. The van der Waals surface area contributed by atoms with Gasteiger partial charge in [-0.3, -0.25) is 9.52 Å². The van der Waals surface area contributed by atoms with Crippen LogP contribution in [0.25, 0.3) is 27.7 Å². The van der Waals surface area contributed by atoms with Crippen LogP contribution in [0.3, 0.4) is 0 Å². The highest BCUT2D eigenvalue weighted by atomic mass is 32.2. The minimum Gasteiger partial charge on any atom is -0.377 e. The summed E-state index contributed by atoms with van der Waals surface area (Å²) in [6.45, 7) is 0. The van der Waals surface area contributed by atoms with Gasteiger partial charge in [0.2, 0.25) is 10.0 Å². The Labute approximate surface area is 248 Å². The summed E-state index contributed by atoms with van der Waals surface area (Å²) in [5.41, 5.74) is 10.3. The molecular weight excluding hydrogens is 589 g/mol. The van der Waals surface area contributed by atoms with Gasteiger partial charge in [-0.25, -0.2) is 26.7 Å². The number of primary sulfonamides is 1. The summed E-state index contributed by atoms with van der Waals surface area (Å²) in [6.07, 6.45) is 1.08. The van der Waals surface area contributed by atoms with Crippen LogP contribution in [0, 0.1) is 0 Å². The van der Waals surface area contributed by atoms with Gasteiger partial charge in [0.25, 0.3) is 15.9 Å². The molecule has 4 aromatic carbocycles. The maximum atomic E-state index is 13.7. The largest absolute Gasteiger partial charge is 0.377 e. The summed E-state index contributed by atoms with van der Waals surface area (Å²) in [4.78, 5) is 14.4. The topological polar surface area (TPSA) is 170 Å². The molecule has 6 rings (SSSR count). The number of sulfonamides is 2. The van der Waals surface area contributed by atoms with Gasteiger partial charge in [0.05, 0.1) is 21.2 Å². The highest BCUT2D eigenvalue weighted by Crippen LogP contribution is 2.39. The van der Waals surface area contributed by atoms with E-state index in [1.165, 1.54) is 28.9 Å². The Morgan fingerprint density at radius 1 is 0.907 bits per heavy atom. The summed E-state index contributed by atoms with van der Waals surface area (Å²) in [6, 6.07) is 21.7. The number of carbonyl (C=O) groups excluding carboxylic acids is 1. The van der Waals surface area contributed by atoms with E-state index >= 15 is 0 Å². The average molecular weight is 617 g/mol. The van der Waals surface area contributed by atoms with Crippen molar-refractivity contribution in [3.63, 3.8) is 0 Å². The molecule has 0 atom stereocenters. The summed E-state index contributed by atoms with van der Waals surface area (Å²) < 4.78 is 55.3. The number of aryl methyl sites for hydroxylation is 1. The molecule has 0 fully saturated rings. The Bertz CT molecular complexity index is 2160. The number of carbonyl (C=O) groups is 1. The average Bonchev–Trinajstić information content (AvgIpc) is 3.36. The molecule has 0 bridgehead atoms. The van der Waals surface area contributed by atoms with Crippen molar-refractivity contribution in [3.05, 3.63) is 95.7 Å². The van der Waals surface area contributed by atoms with Crippen LogP contribution < -0.4 is 20.5 Å². The zero-order valence-electron chi connectivity index (χ0n) is 23.3. The normalized spacial score (nSPS) is 12.9. The summed E-state index contributed by atoms with van der Waals surface area (Å²) >= 11 is 0. The summed E-state index contributed by atoms with van der Waals surface area (Å²) in [5.74, 6) is -0.704. The first-order chi connectivity index (χ1) is 20.3. The van der Waals surface area contributed by atoms with E-state index in [2.05, 4.69) is 9.82 Å². The molecule has 5 aromatic rings. The Morgan fingerprint density at radius 2 is 1.60 bits per heavy atom. The van der Waals surface area contributed by atoms with Crippen LogP contribution in [0.15, 0.2) is 88.7 Å². The van der Waals surface area contributed by atoms with Crippen molar-refractivity contribution in [2.45, 2.75) is 22.6 Å². The number of aromatic nitrogens is 2. The lowest BCUT2D eigenvalue weighted by Gasteiger charge is -2.21. The highest BCUT2D eigenvalue weighted by molar-refractivity contribution is 7.93. The quantitative estimate of drug-likeness (QED) is 0.252. The number of nitrogens with two attached hydrogens (primary N) is 2. The van der Waals surface area contributed by atoms with Gasteiger partial charge in [0.15, 0.2) is 5.69 Å². The highest BCUT2D eigenvalue weighted by Gasteiger charge is 2.29. The van der Waals surface area contributed by atoms with E-state index in [9.17, 15) is 21.6 Å². The third kappa shape index (κ3) is 5.01. The van der Waals surface area contributed by atoms with Crippen molar-refractivity contribution in [1.82, 2.24) is 9.78 Å². The maximum absolute atomic E-state index is 13.7. The number of amides is 1. The number of nitrogens with one attached hydrogen (secondary N) is 1. The molecule has 11 nitrogen and oxygen atoms in total. The van der Waals surface area contributed by atoms with Crippen LogP contribution in [0.5, 0.6) is 0 Å². The molecule has 0 saturated heterocycles. The predicted octanol–water partition coefficient (Wildman–Crippen LogP) is 3.40. The third-order valence-electron chi connectivity index (χ3n) is 7.52. The molecule has 0 saturated carbocycles. The molecule has 13 heteroatoms. The second kappa shape index (κ2) is 10.2. The predicted molar refractivity (Wildman–Crippen MR) is 165 cm³/mol. The summed E-state index contributed by atoms with van der Waals surface area (Å²) in [5, 5.41) is 11.1. The van der Waals surface area contributed by atoms with Crippen LogP contribution in [-0.2, 0) is 32.9 Å². The van der Waals surface area contributed by atoms with Crippen LogP contribution in [0.2, 0.25) is 0 Å². The van der Waals surface area contributed by atoms with E-state index in [1.807, 2.05) is 43.3 Å². The second-order valence-corrected chi connectivity index (χ2v) is 13.7. The lowest BCUT2D eigenvalue weighted by Crippen LogP contribution is -2.16. The fourth-order valence-corrected chi connectivity index (χ4v) is 7.35. The van der Waals surface area contributed by atoms with Gasteiger partial charge < -0.3 is 10.6 Å². The molecule has 1 aliphatic carbocycles. The lowest BCUT2D eigenvalue weighted by atomic mass is 9.88. The molecule has 1 aliphatic rings. The van der Waals surface area contributed by atoms with Gasteiger partial charge in [0, 0.05) is 47.4 Å². The smallest absolute Gasteiger partial charge is 0.269 e. The molecule has 0 aliphatic heterocycles. The van der Waals surface area contributed by atoms with Crippen molar-refractivity contribution in [3.8, 4) is 16.9 Å². The van der Waals surface area contributed by atoms with Crippen molar-refractivity contribution in [1.29, 1.82) is 0 Å². The first kappa shape index (κ1) is 28.4. The molecule has 0 unspecified atom stereocenters. The zero-order valence-corrected chi connectivity index (χ0v) is 24.9. The molecule has 0 spiro atoms. The number of hydrogen-bond acceptors (Lipinski definition) is 7. The lowest BCUT2D eigenvalue weighted by molar-refractivity contribution is 0.0994. The number of anilines is 2. The van der Waals surface area contributed by atoms with Crippen LogP contribution in [-0.4, -0.2) is 46.6 Å². The van der Waals surface area contributed by atoms with E-state index in [1.54, 1.807) is 30.3 Å². The van der Waals surface area contributed by atoms with Gasteiger partial charge in [-0.1, -0.05) is 30.3 Å². The van der Waals surface area contributed by atoms with Crippen LogP contribution >= 0.6 is 0 Å². The zero-order chi connectivity index (χ0) is 30.7. The molecule has 220 valence electrons. The fourth-order valence-electron chi connectivity index (χ4n) is 5.56. The summed E-state index contributed by atoms with van der Waals surface area (Å²) in [7, 11) is -4.12. The molecule has 0 radical (unpaired) electrons. The van der Waals surface area contributed by atoms with E-state index in [4.69, 9.17) is 10.9 Å². The first-order valence-electron chi connectivity index (χ1n) is 13.3. The van der Waals surface area contributed by atoms with Gasteiger partial charge in [-0.2, -0.15) is 5.10 Å². The van der Waals surface area contributed by atoms with Crippen molar-refractivity contribution >= 4 is 48.1 Å². The number of fused-ring (bicyclic) bond motifs is 4. The van der Waals surface area contributed by atoms with E-state index < -0.39 is 26.0 Å². The van der Waals surface area contributed by atoms with Crippen LogP contribution in [0.4, 0.5) is 11.4 Å². The first-order valence-corrected chi connectivity index (χ1v) is 16.3. The number of nitrogens with zero attached hydrogens (tertiary/aromatic N) is 3. The minimum absolute atomic E-state index is 0.0735. The van der Waals surface area contributed by atoms with Gasteiger partial charge >= 0.3 is 0 Å². The Kier molecular flexibility index (Phi) is 6.75. The van der Waals surface area contributed by atoms with E-state index in [-0.39, 0.29) is 15.5 Å². The number of primary amides is 1. The van der Waals surface area contributed by atoms with Gasteiger partial charge in [-0.05, 0) is 66.9 Å². The monoisotopic (exact) mass is 616 g/mol. The van der Waals surface area contributed by atoms with E-state index in [0.29, 0.717) is 46.4 Å². The molecule has 1 heterocycles. The SMILES string of the molecule is CN(C)c1cccc2c(S(=O)(=O)Nc3ccc4c(c3)-c3c(c(C(N)=O)nn3-c3ccc(S(N)(=O)=O)cc3)CC4)cccc12. The van der Waals surface area contributed by atoms with Crippen molar-refractivity contribution < 1.29 is 21.6 Å². The Balaban J connectivity index is 1.45. The standard InChI is InChI=1S/C30H28N6O5S2/c1-35(2)26-7-3-6-23-22(26)5-4-8-27(23)43(40,41)34-19-11-9-18-10-16-24-28(30(31)37)33-36(29(24)25(18)17-19)20-12-14-21(15-13-20)42(32,38)39/h3-9,11-15,17,34H,10,16H2,1-2H3,(H2,31,37)(H2,32,38,39). The number of hydrogen-bond donors (Lipinski definition) is 3. The number of rotatable bonds is 7. The Hall–Kier alpha value is -4.72. The van der Waals surface area contributed by atoms with E-state index in [0.717, 1.165) is 16.6 Å². The Morgan fingerprint density at radius 3 is 2.28 bits per heavy atom. The molecular formula is C30H28N6O5S2. The van der Waals surface area contributed by atoms with Crippen molar-refractivity contribution in [2.24, 2.45) is 10.9 Å².